The number of halogens is 1. The lowest BCUT2D eigenvalue weighted by Crippen LogP contribution is -2.37. The van der Waals surface area contributed by atoms with E-state index in [9.17, 15) is 13.2 Å². The summed E-state index contributed by atoms with van der Waals surface area (Å²) < 4.78 is 47.8. The molecule has 1 aromatic carbocycles. The number of ether oxygens (including phenoxy) is 3. The lowest BCUT2D eigenvalue weighted by molar-refractivity contribution is -0.117. The first-order valence-corrected chi connectivity index (χ1v) is 13.4. The van der Waals surface area contributed by atoms with Gasteiger partial charge in [0.25, 0.3) is 10.0 Å². The van der Waals surface area contributed by atoms with Gasteiger partial charge in [-0.2, -0.15) is 0 Å². The van der Waals surface area contributed by atoms with E-state index in [1.165, 1.54) is 12.1 Å². The highest BCUT2D eigenvalue weighted by molar-refractivity contribution is 7.89. The molecule has 5 rings (SSSR count). The van der Waals surface area contributed by atoms with Crippen LogP contribution in [0.2, 0.25) is 5.15 Å². The second-order valence-electron chi connectivity index (χ2n) is 8.86. The molecule has 2 aliphatic rings. The number of hydrogen-bond acceptors (Lipinski definition) is 9. The lowest BCUT2D eigenvalue weighted by atomic mass is 9.99. The number of fused-ring (bicyclic) bond motifs is 2. The van der Waals surface area contributed by atoms with Crippen LogP contribution in [-0.4, -0.2) is 45.2 Å². The van der Waals surface area contributed by atoms with Gasteiger partial charge in [-0.15, -0.1) is 0 Å². The van der Waals surface area contributed by atoms with Crippen LogP contribution in [0.3, 0.4) is 0 Å². The predicted molar refractivity (Wildman–Crippen MR) is 138 cm³/mol. The summed E-state index contributed by atoms with van der Waals surface area (Å²) in [4.78, 5) is 21.7. The molecule has 2 aromatic heterocycles. The lowest BCUT2D eigenvalue weighted by Gasteiger charge is -2.30. The first-order chi connectivity index (χ1) is 17.5. The van der Waals surface area contributed by atoms with Crippen LogP contribution in [0, 0.1) is 13.8 Å². The van der Waals surface area contributed by atoms with Crippen LogP contribution in [-0.2, 0) is 19.5 Å². The molecular formula is C25H24ClN3O7S. The minimum atomic E-state index is -4.22. The number of aryl methyl sites for hydroxylation is 1. The summed E-state index contributed by atoms with van der Waals surface area (Å²) in [5, 5.41) is 5.15. The van der Waals surface area contributed by atoms with Gasteiger partial charge >= 0.3 is 0 Å². The van der Waals surface area contributed by atoms with Crippen molar-refractivity contribution in [3.63, 3.8) is 0 Å². The van der Waals surface area contributed by atoms with Gasteiger partial charge in [-0.05, 0) is 56.7 Å². The van der Waals surface area contributed by atoms with Crippen LogP contribution >= 0.6 is 11.6 Å². The van der Waals surface area contributed by atoms with E-state index in [1.54, 1.807) is 26.1 Å². The number of nitrogens with two attached hydrogens (primary N) is 1. The molecule has 0 spiro atoms. The van der Waals surface area contributed by atoms with E-state index in [4.69, 9.17) is 35.4 Å². The van der Waals surface area contributed by atoms with Crippen molar-refractivity contribution in [3.05, 3.63) is 68.2 Å². The number of dihydropyridines is 1. The molecule has 3 aromatic rings. The molecule has 2 aliphatic heterocycles. The third kappa shape index (κ3) is 4.92. The molecular weight excluding hydrogens is 522 g/mol. The van der Waals surface area contributed by atoms with Crippen molar-refractivity contribution < 1.29 is 27.0 Å². The Balaban J connectivity index is 1.62. The monoisotopic (exact) mass is 545 g/mol. The van der Waals surface area contributed by atoms with E-state index in [1.807, 2.05) is 19.1 Å². The summed E-state index contributed by atoms with van der Waals surface area (Å²) >= 11 is 5.87. The highest BCUT2D eigenvalue weighted by atomic mass is 35.5. The number of aliphatic imine (C=N–C) groups is 1. The first kappa shape index (κ1) is 25.6. The molecule has 3 atom stereocenters. The molecule has 0 aliphatic carbocycles. The van der Waals surface area contributed by atoms with E-state index < -0.39 is 27.4 Å². The van der Waals surface area contributed by atoms with Gasteiger partial charge in [0.05, 0.1) is 18.6 Å². The summed E-state index contributed by atoms with van der Waals surface area (Å²) in [7, 11) is -4.22. The van der Waals surface area contributed by atoms with E-state index >= 15 is 0 Å². The second-order valence-corrected chi connectivity index (χ2v) is 10.7. The molecule has 194 valence electrons. The zero-order chi connectivity index (χ0) is 26.5. The molecule has 2 unspecified atom stereocenters. The number of benzene rings is 1. The Bertz CT molecular complexity index is 1630. The number of allylic oxidation sites excluding steroid dienone is 1. The maximum absolute atomic E-state index is 13.4. The standard InChI is InChI=1S/C25H24ClN3O7S/c1-12-8-16(14(3)35-18-4-5-20(26)29-25(18)37(27,31)32)23-17(9-12)21(30)13(2)22(36-23)15-10-19-24(28-11-15)34-7-6-33-19/h4-5,8-11,14,19,24H,6-7H2,1-3H3,(H2,27,31,32)/t14-,19?,24?/m1/s1. The smallest absolute Gasteiger partial charge is 0.259 e. The molecule has 1 fully saturated rings. The molecule has 2 N–H and O–H groups in total. The van der Waals surface area contributed by atoms with Crippen molar-refractivity contribution in [2.75, 3.05) is 13.2 Å². The summed E-state index contributed by atoms with van der Waals surface area (Å²) in [6.45, 7) is 6.14. The zero-order valence-corrected chi connectivity index (χ0v) is 21.8. The van der Waals surface area contributed by atoms with Gasteiger partial charge in [0.15, 0.2) is 17.4 Å². The van der Waals surface area contributed by atoms with Crippen molar-refractivity contribution >= 4 is 44.4 Å². The maximum Gasteiger partial charge on any atom is 0.259 e. The fraction of sp³-hybridized carbons (Fsp3) is 0.320. The van der Waals surface area contributed by atoms with Crippen LogP contribution in [0.5, 0.6) is 5.75 Å². The van der Waals surface area contributed by atoms with Gasteiger partial charge in [0, 0.05) is 22.9 Å². The van der Waals surface area contributed by atoms with Crippen molar-refractivity contribution in [1.29, 1.82) is 0 Å². The average molecular weight is 546 g/mol. The van der Waals surface area contributed by atoms with E-state index in [-0.39, 0.29) is 22.4 Å². The number of nitrogens with zero attached hydrogens (tertiary/aromatic N) is 2. The van der Waals surface area contributed by atoms with Crippen molar-refractivity contribution in [2.24, 2.45) is 10.1 Å². The minimum absolute atomic E-state index is 0.0480. The Hall–Kier alpha value is -3.09. The topological polar surface area (TPSA) is 143 Å². The molecule has 37 heavy (non-hydrogen) atoms. The van der Waals surface area contributed by atoms with Crippen LogP contribution in [0.15, 0.2) is 49.6 Å². The SMILES string of the molecule is Cc1cc([C@@H](C)Oc2ccc(Cl)nc2S(N)(=O)=O)c2oc(C3=CC4OCCOC4N=C3)c(C)c(=O)c2c1. The van der Waals surface area contributed by atoms with Crippen LogP contribution in [0.25, 0.3) is 16.5 Å². The third-order valence-corrected chi connectivity index (χ3v) is 7.17. The number of rotatable bonds is 5. The maximum atomic E-state index is 13.4. The summed E-state index contributed by atoms with van der Waals surface area (Å²) in [5.74, 6) is 0.274. The third-order valence-electron chi connectivity index (χ3n) is 6.12. The molecule has 10 nitrogen and oxygen atoms in total. The molecule has 1 saturated heterocycles. The van der Waals surface area contributed by atoms with Gasteiger partial charge < -0.3 is 18.6 Å². The number of pyridine rings is 1. The van der Waals surface area contributed by atoms with Gasteiger partial charge in [-0.1, -0.05) is 11.6 Å². The molecule has 12 heteroatoms. The second kappa shape index (κ2) is 9.66. The fourth-order valence-corrected chi connectivity index (χ4v) is 5.21. The quantitative estimate of drug-likeness (QED) is 0.480. The number of aromatic nitrogens is 1. The van der Waals surface area contributed by atoms with Gasteiger partial charge in [0.1, 0.15) is 28.7 Å². The van der Waals surface area contributed by atoms with Crippen molar-refractivity contribution in [1.82, 2.24) is 4.98 Å². The Kier molecular flexibility index (Phi) is 6.67. The van der Waals surface area contributed by atoms with E-state index in [0.717, 1.165) is 5.56 Å². The highest BCUT2D eigenvalue weighted by Gasteiger charge is 2.29. The van der Waals surface area contributed by atoms with Crippen LogP contribution in [0.1, 0.15) is 35.5 Å². The Labute approximate surface area is 217 Å². The summed E-state index contributed by atoms with van der Waals surface area (Å²) in [6.07, 6.45) is 1.87. The zero-order valence-electron chi connectivity index (χ0n) is 20.2. The van der Waals surface area contributed by atoms with Gasteiger partial charge in [0.2, 0.25) is 5.03 Å². The molecule has 0 saturated carbocycles. The van der Waals surface area contributed by atoms with E-state index in [0.29, 0.717) is 46.6 Å². The number of sulfonamides is 1. The van der Waals surface area contributed by atoms with E-state index in [2.05, 4.69) is 9.98 Å². The highest BCUT2D eigenvalue weighted by Crippen LogP contribution is 2.34. The Morgan fingerprint density at radius 3 is 2.70 bits per heavy atom. The Morgan fingerprint density at radius 2 is 1.95 bits per heavy atom. The summed E-state index contributed by atoms with van der Waals surface area (Å²) in [6, 6.07) is 6.33. The van der Waals surface area contributed by atoms with Crippen molar-refractivity contribution in [2.45, 2.75) is 44.2 Å². The fourth-order valence-electron chi connectivity index (χ4n) is 4.39. The molecule has 4 heterocycles. The first-order valence-electron chi connectivity index (χ1n) is 11.5. The van der Waals surface area contributed by atoms with Crippen LogP contribution < -0.4 is 15.3 Å². The van der Waals surface area contributed by atoms with Gasteiger partial charge in [-0.3, -0.25) is 9.79 Å². The summed E-state index contributed by atoms with van der Waals surface area (Å²) in [5.41, 5.74) is 2.45. The Morgan fingerprint density at radius 1 is 1.19 bits per heavy atom. The van der Waals surface area contributed by atoms with Crippen LogP contribution in [0.4, 0.5) is 0 Å². The molecule has 0 bridgehead atoms. The van der Waals surface area contributed by atoms with Crippen molar-refractivity contribution in [3.8, 4) is 5.75 Å². The normalized spacial score (nSPS) is 20.4. The minimum Gasteiger partial charge on any atom is -0.483 e. The average Bonchev–Trinajstić information content (AvgIpc) is 2.86. The molecule has 0 amide bonds. The predicted octanol–water partition coefficient (Wildman–Crippen LogP) is 3.45. The largest absolute Gasteiger partial charge is 0.483 e. The molecule has 0 radical (unpaired) electrons. The van der Waals surface area contributed by atoms with Gasteiger partial charge in [-0.25, -0.2) is 18.5 Å². The number of hydrogen-bond donors (Lipinski definition) is 1. The number of primary sulfonamides is 1.